The summed E-state index contributed by atoms with van der Waals surface area (Å²) in [5.74, 6) is 1.51. The minimum absolute atomic E-state index is 0.104. The van der Waals surface area contributed by atoms with Crippen molar-refractivity contribution in [2.24, 2.45) is 0 Å². The molecule has 0 aliphatic carbocycles. The Morgan fingerprint density at radius 1 is 1.16 bits per heavy atom. The van der Waals surface area contributed by atoms with Gasteiger partial charge in [0.1, 0.15) is 17.6 Å². The Morgan fingerprint density at radius 2 is 2.00 bits per heavy atom. The molecule has 162 valence electrons. The summed E-state index contributed by atoms with van der Waals surface area (Å²) in [6.45, 7) is 1.79. The number of hydrogen-bond acceptors (Lipinski definition) is 4. The summed E-state index contributed by atoms with van der Waals surface area (Å²) < 4.78 is 6.33. The van der Waals surface area contributed by atoms with Gasteiger partial charge in [-0.2, -0.15) is 0 Å². The first kappa shape index (κ1) is 22.1. The zero-order chi connectivity index (χ0) is 22.0. The van der Waals surface area contributed by atoms with Gasteiger partial charge in [-0.15, -0.1) is 0 Å². The van der Waals surface area contributed by atoms with Crippen molar-refractivity contribution in [3.8, 4) is 11.3 Å². The van der Waals surface area contributed by atoms with Crippen LogP contribution < -0.4 is 5.32 Å². The van der Waals surface area contributed by atoms with E-state index in [2.05, 4.69) is 34.2 Å². The molecule has 8 heteroatoms. The largest absolute Gasteiger partial charge is 0.459 e. The van der Waals surface area contributed by atoms with Gasteiger partial charge in [0.05, 0.1) is 16.8 Å². The van der Waals surface area contributed by atoms with Crippen LogP contribution in [-0.2, 0) is 0 Å². The van der Waals surface area contributed by atoms with Crippen LogP contribution >= 0.6 is 35.4 Å². The van der Waals surface area contributed by atoms with Crippen molar-refractivity contribution in [3.05, 3.63) is 76.2 Å². The molecule has 0 unspecified atom stereocenters. The fourth-order valence-corrected chi connectivity index (χ4v) is 4.69. The number of nitrogens with zero attached hydrogens (tertiary/aromatic N) is 3. The zero-order valence-electron chi connectivity index (χ0n) is 17.4. The van der Waals surface area contributed by atoms with Crippen molar-refractivity contribution in [1.29, 1.82) is 0 Å². The van der Waals surface area contributed by atoms with Crippen LogP contribution in [0.2, 0.25) is 10.0 Å². The van der Waals surface area contributed by atoms with Gasteiger partial charge in [-0.1, -0.05) is 29.3 Å². The highest BCUT2D eigenvalue weighted by Gasteiger charge is 2.41. The van der Waals surface area contributed by atoms with Crippen molar-refractivity contribution < 1.29 is 4.42 Å². The smallest absolute Gasteiger partial charge is 0.170 e. The second-order valence-corrected chi connectivity index (χ2v) is 9.03. The summed E-state index contributed by atoms with van der Waals surface area (Å²) in [7, 11) is 4.15. The molecule has 1 aromatic carbocycles. The van der Waals surface area contributed by atoms with Gasteiger partial charge in [-0.25, -0.2) is 0 Å². The van der Waals surface area contributed by atoms with E-state index in [9.17, 15) is 0 Å². The summed E-state index contributed by atoms with van der Waals surface area (Å²) in [5, 5.41) is 5.31. The van der Waals surface area contributed by atoms with E-state index >= 15 is 0 Å². The number of halogens is 2. The number of nitrogens with one attached hydrogen (secondary N) is 1. The van der Waals surface area contributed by atoms with E-state index < -0.39 is 0 Å². The molecule has 3 aromatic rings. The van der Waals surface area contributed by atoms with Gasteiger partial charge < -0.3 is 19.5 Å². The lowest BCUT2D eigenvalue weighted by Crippen LogP contribution is -2.32. The molecule has 1 aliphatic heterocycles. The van der Waals surface area contributed by atoms with E-state index in [1.807, 2.05) is 42.5 Å². The van der Waals surface area contributed by atoms with E-state index in [-0.39, 0.29) is 12.1 Å². The summed E-state index contributed by atoms with van der Waals surface area (Å²) in [6.07, 6.45) is 2.78. The van der Waals surface area contributed by atoms with Crippen molar-refractivity contribution in [2.45, 2.75) is 18.5 Å². The van der Waals surface area contributed by atoms with Crippen LogP contribution in [0.25, 0.3) is 11.3 Å². The van der Waals surface area contributed by atoms with E-state index in [0.717, 1.165) is 36.5 Å². The minimum Gasteiger partial charge on any atom is -0.459 e. The minimum atomic E-state index is -0.107. The number of hydrogen-bond donors (Lipinski definition) is 1. The van der Waals surface area contributed by atoms with Crippen molar-refractivity contribution in [2.75, 3.05) is 27.2 Å². The van der Waals surface area contributed by atoms with E-state index in [0.29, 0.717) is 20.9 Å². The fraction of sp³-hybridized carbons (Fsp3) is 0.304. The molecule has 1 aliphatic rings. The molecule has 4 rings (SSSR count). The van der Waals surface area contributed by atoms with Crippen molar-refractivity contribution in [1.82, 2.24) is 20.1 Å². The second-order valence-electron chi connectivity index (χ2n) is 7.80. The number of benzene rings is 1. The van der Waals surface area contributed by atoms with Crippen LogP contribution in [0.3, 0.4) is 0 Å². The Labute approximate surface area is 198 Å². The molecule has 0 spiro atoms. The maximum absolute atomic E-state index is 6.40. The van der Waals surface area contributed by atoms with Crippen LogP contribution in [0.15, 0.2) is 59.1 Å². The van der Waals surface area contributed by atoms with Gasteiger partial charge in [0.25, 0.3) is 0 Å². The quantitative estimate of drug-likeness (QED) is 0.451. The van der Waals surface area contributed by atoms with Gasteiger partial charge in [0, 0.05) is 23.3 Å². The van der Waals surface area contributed by atoms with Crippen molar-refractivity contribution in [3.63, 3.8) is 0 Å². The lowest BCUT2D eigenvalue weighted by atomic mass is 10.0. The Bertz CT molecular complexity index is 1060. The van der Waals surface area contributed by atoms with Gasteiger partial charge >= 0.3 is 0 Å². The highest BCUT2D eigenvalue weighted by molar-refractivity contribution is 7.80. The number of aromatic nitrogens is 1. The Kier molecular flexibility index (Phi) is 6.82. The molecule has 0 radical (unpaired) electrons. The highest BCUT2D eigenvalue weighted by Crippen LogP contribution is 2.41. The first-order chi connectivity index (χ1) is 14.9. The van der Waals surface area contributed by atoms with Gasteiger partial charge in [0.2, 0.25) is 0 Å². The van der Waals surface area contributed by atoms with Crippen LogP contribution in [0.4, 0.5) is 0 Å². The normalized spacial score (nSPS) is 18.6. The summed E-state index contributed by atoms with van der Waals surface area (Å²) in [4.78, 5) is 8.94. The Hall–Kier alpha value is -2.12. The molecule has 31 heavy (non-hydrogen) atoms. The molecule has 0 bridgehead atoms. The van der Waals surface area contributed by atoms with E-state index in [1.54, 1.807) is 12.3 Å². The van der Waals surface area contributed by atoms with E-state index in [1.165, 1.54) is 0 Å². The molecule has 2 atom stereocenters. The molecule has 0 saturated carbocycles. The van der Waals surface area contributed by atoms with Gasteiger partial charge in [0.15, 0.2) is 5.11 Å². The van der Waals surface area contributed by atoms with Crippen LogP contribution in [0, 0.1) is 0 Å². The molecule has 1 N–H and O–H groups in total. The average molecular weight is 475 g/mol. The molecule has 1 saturated heterocycles. The van der Waals surface area contributed by atoms with Crippen LogP contribution in [0.1, 0.15) is 30.0 Å². The summed E-state index contributed by atoms with van der Waals surface area (Å²) >= 11 is 18.2. The predicted octanol–water partition coefficient (Wildman–Crippen LogP) is 5.57. The monoisotopic (exact) mass is 474 g/mol. The fourth-order valence-electron chi connectivity index (χ4n) is 3.86. The topological polar surface area (TPSA) is 44.5 Å². The lowest BCUT2D eigenvalue weighted by molar-refractivity contribution is 0.261. The molecule has 3 heterocycles. The maximum Gasteiger partial charge on any atom is 0.170 e. The van der Waals surface area contributed by atoms with Crippen molar-refractivity contribution >= 4 is 40.5 Å². The first-order valence-electron chi connectivity index (χ1n) is 10.1. The van der Waals surface area contributed by atoms with Gasteiger partial charge in [-0.05, 0) is 81.7 Å². The van der Waals surface area contributed by atoms with Crippen LogP contribution in [0.5, 0.6) is 0 Å². The molecule has 1 fully saturated rings. The number of thiocarbonyl (C=S) groups is 1. The Balaban J connectivity index is 1.68. The first-order valence-corrected chi connectivity index (χ1v) is 11.3. The highest BCUT2D eigenvalue weighted by atomic mass is 35.5. The standard InChI is InChI=1S/C23H24Cl2N4OS/c1-28(2)12-5-13-29-22(21(27-23(29)31)18-6-3-4-11-26-18)20-10-9-19(30-20)16-8-7-15(24)14-17(16)25/h3-4,6-11,14,21-22H,5,12-13H2,1-2H3,(H,27,31)/t21-,22+/m0/s1. The number of pyridine rings is 1. The SMILES string of the molecule is CN(C)CCCN1C(=S)N[C@@H](c2ccccn2)[C@H]1c1ccc(-c2ccc(Cl)cc2Cl)o1. The molecule has 2 aromatic heterocycles. The zero-order valence-corrected chi connectivity index (χ0v) is 19.7. The van der Waals surface area contributed by atoms with E-state index in [4.69, 9.17) is 39.8 Å². The number of furan rings is 1. The number of rotatable bonds is 7. The molecular formula is C23H24Cl2N4OS. The van der Waals surface area contributed by atoms with Crippen LogP contribution in [-0.4, -0.2) is 47.1 Å². The average Bonchev–Trinajstić information content (AvgIpc) is 3.33. The maximum atomic E-state index is 6.40. The molecule has 0 amide bonds. The lowest BCUT2D eigenvalue weighted by Gasteiger charge is -2.26. The third kappa shape index (κ3) is 4.88. The molecular weight excluding hydrogens is 451 g/mol. The second kappa shape index (κ2) is 9.57. The third-order valence-corrected chi connectivity index (χ3v) is 6.22. The third-order valence-electron chi connectivity index (χ3n) is 5.32. The Morgan fingerprint density at radius 3 is 2.71 bits per heavy atom. The van der Waals surface area contributed by atoms with Gasteiger partial charge in [-0.3, -0.25) is 4.98 Å². The predicted molar refractivity (Wildman–Crippen MR) is 129 cm³/mol. The molecule has 5 nitrogen and oxygen atoms in total. The summed E-state index contributed by atoms with van der Waals surface area (Å²) in [6, 6.07) is 15.0. The summed E-state index contributed by atoms with van der Waals surface area (Å²) in [5.41, 5.74) is 1.73.